The molecule has 1 aliphatic heterocycles. The van der Waals surface area contributed by atoms with Crippen molar-refractivity contribution >= 4 is 11.8 Å². The Morgan fingerprint density at radius 2 is 2.07 bits per heavy atom. The van der Waals surface area contributed by atoms with Gasteiger partial charge in [-0.25, -0.2) is 9.78 Å². The molecule has 2 heterocycles. The average Bonchev–Trinajstić information content (AvgIpc) is 3.12. The number of carboxylic acid groups (broad SMARTS) is 1. The number of fused-ring (bicyclic) bond motifs is 1. The third-order valence-corrected chi connectivity index (χ3v) is 4.79. The van der Waals surface area contributed by atoms with Crippen LogP contribution in [0, 0.1) is 17.2 Å². The summed E-state index contributed by atoms with van der Waals surface area (Å²) in [6.45, 7) is 0.425. The van der Waals surface area contributed by atoms with E-state index in [9.17, 15) is 10.1 Å². The fourth-order valence-electron chi connectivity index (χ4n) is 3.42. The standard InChI is InChI=1S/C22H17N3O3/c23-11-17-13-25(20-10-9-16(12-24-20)22(26)27)18-7-4-8-19(21(17)18)28-14-15-5-2-1-3-6-15/h1-10,12-13,18,21H,14H2,(H,26,27). The lowest BCUT2D eigenvalue weighted by atomic mass is 9.89. The first-order chi connectivity index (χ1) is 13.7. The van der Waals surface area contributed by atoms with Crippen LogP contribution in [0.3, 0.4) is 0 Å². The molecule has 0 fully saturated rings. The van der Waals surface area contributed by atoms with Crippen LogP contribution in [-0.4, -0.2) is 22.1 Å². The smallest absolute Gasteiger partial charge is 0.337 e. The predicted octanol–water partition coefficient (Wildman–Crippen LogP) is 3.66. The summed E-state index contributed by atoms with van der Waals surface area (Å²) in [7, 11) is 0. The summed E-state index contributed by atoms with van der Waals surface area (Å²) < 4.78 is 6.04. The molecule has 1 N–H and O–H groups in total. The monoisotopic (exact) mass is 371 g/mol. The molecule has 0 saturated carbocycles. The maximum absolute atomic E-state index is 11.0. The number of ether oxygens (including phenoxy) is 1. The van der Waals surface area contributed by atoms with Gasteiger partial charge in [0.25, 0.3) is 0 Å². The van der Waals surface area contributed by atoms with E-state index in [1.165, 1.54) is 12.3 Å². The van der Waals surface area contributed by atoms with Gasteiger partial charge in [0.15, 0.2) is 0 Å². The van der Waals surface area contributed by atoms with E-state index in [0.29, 0.717) is 18.0 Å². The molecule has 2 aromatic rings. The number of allylic oxidation sites excluding steroid dienone is 2. The summed E-state index contributed by atoms with van der Waals surface area (Å²) in [5, 5.41) is 18.7. The molecule has 2 atom stereocenters. The number of carbonyl (C=O) groups is 1. The van der Waals surface area contributed by atoms with Crippen LogP contribution in [-0.2, 0) is 11.3 Å². The topological polar surface area (TPSA) is 86.5 Å². The minimum Gasteiger partial charge on any atom is -0.492 e. The highest BCUT2D eigenvalue weighted by Gasteiger charge is 2.40. The molecule has 6 nitrogen and oxygen atoms in total. The molecule has 28 heavy (non-hydrogen) atoms. The van der Waals surface area contributed by atoms with Gasteiger partial charge >= 0.3 is 5.97 Å². The lowest BCUT2D eigenvalue weighted by Crippen LogP contribution is -2.33. The number of anilines is 1. The van der Waals surface area contributed by atoms with Gasteiger partial charge in [-0.1, -0.05) is 42.5 Å². The van der Waals surface area contributed by atoms with E-state index in [1.807, 2.05) is 53.5 Å². The Morgan fingerprint density at radius 1 is 1.25 bits per heavy atom. The Bertz CT molecular complexity index is 1020. The van der Waals surface area contributed by atoms with Crippen molar-refractivity contribution in [1.29, 1.82) is 5.26 Å². The van der Waals surface area contributed by atoms with Gasteiger partial charge in [-0.05, 0) is 23.8 Å². The summed E-state index contributed by atoms with van der Waals surface area (Å²) in [6, 6.07) is 15.1. The number of rotatable bonds is 5. The van der Waals surface area contributed by atoms with Gasteiger partial charge in [0.1, 0.15) is 18.2 Å². The van der Waals surface area contributed by atoms with E-state index >= 15 is 0 Å². The van der Waals surface area contributed by atoms with Crippen LogP contribution in [0.4, 0.5) is 5.82 Å². The fraction of sp³-hybridized carbons (Fsp3) is 0.136. The molecule has 138 valence electrons. The quantitative estimate of drug-likeness (QED) is 0.863. The summed E-state index contributed by atoms with van der Waals surface area (Å²) in [5.74, 6) is 0.0661. The SMILES string of the molecule is N#CC1=CN(c2ccc(C(=O)O)cn2)C2C=CC=C(OCc3ccccc3)C12. The van der Waals surface area contributed by atoms with Gasteiger partial charge in [-0.3, -0.25) is 0 Å². The molecule has 0 amide bonds. The number of pyridine rings is 1. The number of aromatic nitrogens is 1. The number of nitrogens with zero attached hydrogens (tertiary/aromatic N) is 3. The molecule has 6 heteroatoms. The Morgan fingerprint density at radius 3 is 2.75 bits per heavy atom. The second-order valence-corrected chi connectivity index (χ2v) is 6.51. The van der Waals surface area contributed by atoms with Crippen molar-refractivity contribution in [1.82, 2.24) is 4.98 Å². The molecule has 0 saturated heterocycles. The zero-order valence-corrected chi connectivity index (χ0v) is 14.9. The van der Waals surface area contributed by atoms with E-state index in [1.54, 1.807) is 12.3 Å². The van der Waals surface area contributed by atoms with Gasteiger partial charge in [0, 0.05) is 12.4 Å². The highest BCUT2D eigenvalue weighted by molar-refractivity contribution is 5.87. The molecular weight excluding hydrogens is 354 g/mol. The van der Waals surface area contributed by atoms with Crippen LogP contribution in [0.15, 0.2) is 84.4 Å². The first-order valence-corrected chi connectivity index (χ1v) is 8.82. The minimum absolute atomic E-state index is 0.120. The van der Waals surface area contributed by atoms with E-state index in [4.69, 9.17) is 9.84 Å². The number of aromatic carboxylic acids is 1. The summed E-state index contributed by atoms with van der Waals surface area (Å²) >= 11 is 0. The molecule has 4 rings (SSSR count). The van der Waals surface area contributed by atoms with Crippen molar-refractivity contribution in [2.45, 2.75) is 12.6 Å². The Labute approximate surface area is 162 Å². The van der Waals surface area contributed by atoms with Crippen molar-refractivity contribution in [2.75, 3.05) is 4.90 Å². The van der Waals surface area contributed by atoms with E-state index in [2.05, 4.69) is 11.1 Å². The number of carboxylic acids is 1. The molecule has 0 spiro atoms. The second-order valence-electron chi connectivity index (χ2n) is 6.51. The van der Waals surface area contributed by atoms with Gasteiger partial charge in [0.05, 0.1) is 29.2 Å². The molecule has 0 radical (unpaired) electrons. The van der Waals surface area contributed by atoms with Gasteiger partial charge < -0.3 is 14.7 Å². The van der Waals surface area contributed by atoms with Crippen molar-refractivity contribution in [3.05, 3.63) is 95.5 Å². The first-order valence-electron chi connectivity index (χ1n) is 8.82. The normalized spacial score (nSPS) is 20.0. The van der Waals surface area contributed by atoms with Crippen LogP contribution in [0.1, 0.15) is 15.9 Å². The third-order valence-electron chi connectivity index (χ3n) is 4.79. The Hall–Kier alpha value is -3.85. The molecular formula is C22H17N3O3. The molecule has 2 aliphatic rings. The number of nitriles is 1. The maximum atomic E-state index is 11.0. The van der Waals surface area contributed by atoms with Crippen LogP contribution in [0.5, 0.6) is 0 Å². The highest BCUT2D eigenvalue weighted by atomic mass is 16.5. The second kappa shape index (κ2) is 7.41. The zero-order chi connectivity index (χ0) is 19.5. The fourth-order valence-corrected chi connectivity index (χ4v) is 3.42. The van der Waals surface area contributed by atoms with Crippen molar-refractivity contribution < 1.29 is 14.6 Å². The van der Waals surface area contributed by atoms with E-state index in [0.717, 1.165) is 11.3 Å². The highest BCUT2D eigenvalue weighted by Crippen LogP contribution is 2.39. The third kappa shape index (κ3) is 3.26. The number of benzene rings is 1. The molecule has 2 unspecified atom stereocenters. The predicted molar refractivity (Wildman–Crippen MR) is 103 cm³/mol. The lowest BCUT2D eigenvalue weighted by Gasteiger charge is -2.30. The van der Waals surface area contributed by atoms with Gasteiger partial charge in [-0.2, -0.15) is 5.26 Å². The van der Waals surface area contributed by atoms with Gasteiger partial charge in [-0.15, -0.1) is 0 Å². The van der Waals surface area contributed by atoms with Gasteiger partial charge in [0.2, 0.25) is 0 Å². The van der Waals surface area contributed by atoms with Crippen molar-refractivity contribution in [2.24, 2.45) is 5.92 Å². The van der Waals surface area contributed by atoms with Crippen molar-refractivity contribution in [3.63, 3.8) is 0 Å². The maximum Gasteiger partial charge on any atom is 0.337 e. The molecule has 1 aromatic heterocycles. The average molecular weight is 371 g/mol. The first kappa shape index (κ1) is 17.6. The van der Waals surface area contributed by atoms with Crippen LogP contribution >= 0.6 is 0 Å². The largest absolute Gasteiger partial charge is 0.492 e. The molecule has 1 aliphatic carbocycles. The zero-order valence-electron chi connectivity index (χ0n) is 14.9. The number of hydrogen-bond donors (Lipinski definition) is 1. The lowest BCUT2D eigenvalue weighted by molar-refractivity contribution is 0.0696. The van der Waals surface area contributed by atoms with Crippen LogP contribution in [0.2, 0.25) is 0 Å². The van der Waals surface area contributed by atoms with E-state index < -0.39 is 5.97 Å². The Balaban J connectivity index is 1.57. The summed E-state index contributed by atoms with van der Waals surface area (Å²) in [5.41, 5.74) is 1.76. The minimum atomic E-state index is -1.02. The van der Waals surface area contributed by atoms with Crippen molar-refractivity contribution in [3.8, 4) is 6.07 Å². The Kier molecular flexibility index (Phi) is 4.65. The molecule has 0 bridgehead atoms. The van der Waals surface area contributed by atoms with Crippen LogP contribution < -0.4 is 4.90 Å². The number of hydrogen-bond acceptors (Lipinski definition) is 5. The molecule has 1 aromatic carbocycles. The van der Waals surface area contributed by atoms with E-state index in [-0.39, 0.29) is 17.5 Å². The van der Waals surface area contributed by atoms with Crippen LogP contribution in [0.25, 0.3) is 0 Å². The summed E-state index contributed by atoms with van der Waals surface area (Å²) in [4.78, 5) is 17.2. The summed E-state index contributed by atoms with van der Waals surface area (Å²) in [6.07, 6.45) is 8.87.